The first kappa shape index (κ1) is 22.4. The summed E-state index contributed by atoms with van der Waals surface area (Å²) in [6.07, 6.45) is 3.02. The summed E-state index contributed by atoms with van der Waals surface area (Å²) in [5.41, 5.74) is 3.32. The normalized spacial score (nSPS) is 22.1. The van der Waals surface area contributed by atoms with Crippen molar-refractivity contribution in [2.24, 2.45) is 11.8 Å². The van der Waals surface area contributed by atoms with Gasteiger partial charge in [0.15, 0.2) is 5.76 Å². The largest absolute Gasteiger partial charge is 0.507 e. The number of carbonyl (C=O) groups excluding carboxylic acids is 1. The van der Waals surface area contributed by atoms with Crippen LogP contribution in [0.3, 0.4) is 0 Å². The monoisotopic (exact) mass is 434 g/mol. The SMILES string of the molecule is CCN(CC)c1ccc(/C=C2/Oc3c(ccc(O)c3CN3CC(C)CC(C)C3)C2=O)cc1. The third-order valence-electron chi connectivity index (χ3n) is 6.56. The molecule has 5 heteroatoms. The van der Waals surface area contributed by atoms with E-state index in [1.165, 1.54) is 6.42 Å². The fourth-order valence-corrected chi connectivity index (χ4v) is 5.12. The highest BCUT2D eigenvalue weighted by Crippen LogP contribution is 2.40. The first-order valence-corrected chi connectivity index (χ1v) is 11.8. The van der Waals surface area contributed by atoms with Crippen LogP contribution in [0.4, 0.5) is 5.69 Å². The predicted octanol–water partition coefficient (Wildman–Crippen LogP) is 5.33. The quantitative estimate of drug-likeness (QED) is 0.623. The summed E-state index contributed by atoms with van der Waals surface area (Å²) >= 11 is 0. The number of piperidine rings is 1. The van der Waals surface area contributed by atoms with E-state index in [2.05, 4.69) is 49.6 Å². The summed E-state index contributed by atoms with van der Waals surface area (Å²) in [6.45, 7) is 13.3. The number of anilines is 1. The summed E-state index contributed by atoms with van der Waals surface area (Å²) < 4.78 is 6.06. The minimum Gasteiger partial charge on any atom is -0.507 e. The van der Waals surface area contributed by atoms with Crippen molar-refractivity contribution in [1.82, 2.24) is 4.90 Å². The topological polar surface area (TPSA) is 53.0 Å². The molecule has 2 unspecified atom stereocenters. The van der Waals surface area contributed by atoms with Gasteiger partial charge in [0.25, 0.3) is 0 Å². The van der Waals surface area contributed by atoms with E-state index < -0.39 is 0 Å². The summed E-state index contributed by atoms with van der Waals surface area (Å²) in [6, 6.07) is 11.4. The molecule has 0 aromatic heterocycles. The van der Waals surface area contributed by atoms with Gasteiger partial charge in [-0.15, -0.1) is 0 Å². The number of likely N-dealkylation sites (tertiary alicyclic amines) is 1. The fourth-order valence-electron chi connectivity index (χ4n) is 5.12. The zero-order chi connectivity index (χ0) is 22.8. The van der Waals surface area contributed by atoms with Crippen LogP contribution in [0.25, 0.3) is 6.08 Å². The van der Waals surface area contributed by atoms with Gasteiger partial charge in [-0.25, -0.2) is 0 Å². The number of ether oxygens (including phenoxy) is 1. The first-order valence-electron chi connectivity index (χ1n) is 11.8. The summed E-state index contributed by atoms with van der Waals surface area (Å²) in [7, 11) is 0. The molecule has 1 saturated heterocycles. The number of Topliss-reactive ketones (excluding diaryl/α,β-unsaturated/α-hetero) is 1. The molecule has 32 heavy (non-hydrogen) atoms. The number of hydrogen-bond donors (Lipinski definition) is 1. The van der Waals surface area contributed by atoms with Crippen LogP contribution >= 0.6 is 0 Å². The maximum atomic E-state index is 13.0. The fraction of sp³-hybridized carbons (Fsp3) is 0.444. The van der Waals surface area contributed by atoms with Crippen LogP contribution in [0.5, 0.6) is 11.5 Å². The van der Waals surface area contributed by atoms with Crippen molar-refractivity contribution in [2.45, 2.75) is 40.7 Å². The Morgan fingerprint density at radius 1 is 1.06 bits per heavy atom. The van der Waals surface area contributed by atoms with E-state index >= 15 is 0 Å². The second kappa shape index (κ2) is 9.37. The van der Waals surface area contributed by atoms with Crippen molar-refractivity contribution in [3.05, 3.63) is 58.8 Å². The van der Waals surface area contributed by atoms with E-state index in [0.29, 0.717) is 41.0 Å². The molecule has 2 aliphatic heterocycles. The molecule has 0 spiro atoms. The number of benzene rings is 2. The highest BCUT2D eigenvalue weighted by molar-refractivity contribution is 6.15. The number of carbonyl (C=O) groups is 1. The van der Waals surface area contributed by atoms with E-state index in [1.807, 2.05) is 12.1 Å². The number of ketones is 1. The summed E-state index contributed by atoms with van der Waals surface area (Å²) in [5, 5.41) is 10.6. The van der Waals surface area contributed by atoms with Gasteiger partial charge in [-0.2, -0.15) is 0 Å². The van der Waals surface area contributed by atoms with E-state index in [-0.39, 0.29) is 11.5 Å². The number of phenolic OH excluding ortho intramolecular Hbond substituents is 1. The van der Waals surface area contributed by atoms with E-state index in [4.69, 9.17) is 4.74 Å². The minimum atomic E-state index is -0.130. The van der Waals surface area contributed by atoms with Crippen molar-refractivity contribution in [3.8, 4) is 11.5 Å². The standard InChI is InChI=1S/C27H34N2O3/c1-5-29(6-2)21-9-7-20(8-10-21)14-25-26(31)22-11-12-24(30)23(27(22)32-25)17-28-15-18(3)13-19(4)16-28/h7-12,14,18-19,30H,5-6,13,15-17H2,1-4H3/b25-14+. The molecule has 0 bridgehead atoms. The van der Waals surface area contributed by atoms with Crippen LogP contribution in [0.15, 0.2) is 42.2 Å². The number of aromatic hydroxyl groups is 1. The number of nitrogens with zero attached hydrogens (tertiary/aromatic N) is 2. The maximum absolute atomic E-state index is 13.0. The smallest absolute Gasteiger partial charge is 0.231 e. The Balaban J connectivity index is 1.57. The molecule has 2 heterocycles. The number of hydrogen-bond acceptors (Lipinski definition) is 5. The van der Waals surface area contributed by atoms with E-state index in [0.717, 1.165) is 37.4 Å². The lowest BCUT2D eigenvalue weighted by atomic mass is 9.91. The maximum Gasteiger partial charge on any atom is 0.231 e. The molecular weight excluding hydrogens is 400 g/mol. The lowest BCUT2D eigenvalue weighted by Gasteiger charge is -2.35. The molecule has 2 aliphatic rings. The third-order valence-corrected chi connectivity index (χ3v) is 6.56. The van der Waals surface area contributed by atoms with Gasteiger partial charge in [-0.05, 0) is 68.0 Å². The molecule has 2 atom stereocenters. The predicted molar refractivity (Wildman–Crippen MR) is 129 cm³/mol. The average Bonchev–Trinajstić information content (AvgIpc) is 3.07. The van der Waals surface area contributed by atoms with Gasteiger partial charge in [0.05, 0.1) is 11.1 Å². The van der Waals surface area contributed by atoms with Gasteiger partial charge in [0, 0.05) is 38.4 Å². The number of rotatable bonds is 6. The molecule has 2 aromatic rings. The van der Waals surface area contributed by atoms with Gasteiger partial charge in [-0.1, -0.05) is 26.0 Å². The molecule has 0 aliphatic carbocycles. The Hall–Kier alpha value is -2.79. The van der Waals surface area contributed by atoms with Gasteiger partial charge in [0.1, 0.15) is 11.5 Å². The minimum absolute atomic E-state index is 0.130. The molecule has 1 fully saturated rings. The summed E-state index contributed by atoms with van der Waals surface area (Å²) in [5.74, 6) is 2.11. The lowest BCUT2D eigenvalue weighted by Crippen LogP contribution is -2.38. The van der Waals surface area contributed by atoms with Gasteiger partial charge >= 0.3 is 0 Å². The van der Waals surface area contributed by atoms with Crippen molar-refractivity contribution in [3.63, 3.8) is 0 Å². The highest BCUT2D eigenvalue weighted by Gasteiger charge is 2.32. The number of fused-ring (bicyclic) bond motifs is 1. The van der Waals surface area contributed by atoms with Crippen molar-refractivity contribution < 1.29 is 14.6 Å². The molecule has 5 nitrogen and oxygen atoms in total. The Morgan fingerprint density at radius 3 is 2.34 bits per heavy atom. The van der Waals surface area contributed by atoms with Crippen molar-refractivity contribution in [1.29, 1.82) is 0 Å². The Morgan fingerprint density at radius 2 is 1.72 bits per heavy atom. The highest BCUT2D eigenvalue weighted by atomic mass is 16.5. The second-order valence-electron chi connectivity index (χ2n) is 9.28. The molecule has 4 rings (SSSR count). The van der Waals surface area contributed by atoms with E-state index in [1.54, 1.807) is 18.2 Å². The number of phenols is 1. The molecule has 0 saturated carbocycles. The van der Waals surface area contributed by atoms with Crippen LogP contribution in [-0.4, -0.2) is 42.0 Å². The first-order chi connectivity index (χ1) is 15.4. The van der Waals surface area contributed by atoms with E-state index in [9.17, 15) is 9.90 Å². The Kier molecular flexibility index (Phi) is 6.56. The van der Waals surface area contributed by atoms with Crippen molar-refractivity contribution in [2.75, 3.05) is 31.1 Å². The molecule has 2 aromatic carbocycles. The molecular formula is C27H34N2O3. The van der Waals surface area contributed by atoms with Crippen LogP contribution < -0.4 is 9.64 Å². The van der Waals surface area contributed by atoms with Crippen LogP contribution in [-0.2, 0) is 6.54 Å². The summed E-state index contributed by atoms with van der Waals surface area (Å²) in [4.78, 5) is 17.7. The zero-order valence-corrected chi connectivity index (χ0v) is 19.6. The van der Waals surface area contributed by atoms with Crippen molar-refractivity contribution >= 4 is 17.5 Å². The van der Waals surface area contributed by atoms with Crippen LogP contribution in [0.1, 0.15) is 55.6 Å². The molecule has 170 valence electrons. The molecule has 1 N–H and O–H groups in total. The molecule has 0 radical (unpaired) electrons. The van der Waals surface area contributed by atoms with Gasteiger partial charge in [0.2, 0.25) is 5.78 Å². The molecule has 0 amide bonds. The van der Waals surface area contributed by atoms with Gasteiger partial charge < -0.3 is 14.7 Å². The zero-order valence-electron chi connectivity index (χ0n) is 19.6. The Bertz CT molecular complexity index is 998. The van der Waals surface area contributed by atoms with Crippen LogP contribution in [0, 0.1) is 11.8 Å². The third kappa shape index (κ3) is 4.53. The average molecular weight is 435 g/mol. The van der Waals surface area contributed by atoms with Gasteiger partial charge in [-0.3, -0.25) is 9.69 Å². The van der Waals surface area contributed by atoms with Crippen LogP contribution in [0.2, 0.25) is 0 Å². The number of allylic oxidation sites excluding steroid dienone is 1. The second-order valence-corrected chi connectivity index (χ2v) is 9.28. The Labute approximate surface area is 191 Å². The lowest BCUT2D eigenvalue weighted by molar-refractivity contribution is 0.101.